The quantitative estimate of drug-likeness (QED) is 0.569. The largest absolute Gasteiger partial charge is 0.0888 e. The third-order valence-corrected chi connectivity index (χ3v) is 3.52. The molecule has 2 bridgehead atoms. The van der Waals surface area contributed by atoms with Crippen LogP contribution in [0.2, 0.25) is 0 Å². The van der Waals surface area contributed by atoms with Crippen molar-refractivity contribution in [1.82, 2.24) is 0 Å². The maximum atomic E-state index is 2.46. The Morgan fingerprint density at radius 1 is 1.23 bits per heavy atom. The monoisotopic (exact) mass is 176 g/mol. The van der Waals surface area contributed by atoms with Crippen molar-refractivity contribution in [3.8, 4) is 0 Å². The van der Waals surface area contributed by atoms with Crippen molar-refractivity contribution in [2.24, 2.45) is 17.8 Å². The summed E-state index contributed by atoms with van der Waals surface area (Å²) in [6.45, 7) is 2.21. The lowest BCUT2D eigenvalue weighted by Gasteiger charge is -2.16. The summed E-state index contributed by atoms with van der Waals surface area (Å²) in [4.78, 5) is 0. The molecule has 2 rings (SSSR count). The summed E-state index contributed by atoms with van der Waals surface area (Å²) >= 11 is 0. The van der Waals surface area contributed by atoms with Gasteiger partial charge in [0.15, 0.2) is 0 Å². The van der Waals surface area contributed by atoms with Crippen molar-refractivity contribution < 1.29 is 0 Å². The zero-order valence-corrected chi connectivity index (χ0v) is 8.58. The Balaban J connectivity index is 1.72. The van der Waals surface area contributed by atoms with E-state index in [1.54, 1.807) is 0 Å². The number of hydrogen-bond acceptors (Lipinski definition) is 0. The molecule has 0 aromatic heterocycles. The lowest BCUT2D eigenvalue weighted by atomic mass is 9.89. The summed E-state index contributed by atoms with van der Waals surface area (Å²) in [6.07, 6.45) is 16.4. The molecule has 2 aliphatic carbocycles. The minimum absolute atomic E-state index is 0.944. The van der Waals surface area contributed by atoms with Gasteiger partial charge in [-0.2, -0.15) is 0 Å². The number of fused-ring (bicyclic) bond motifs is 2. The molecule has 0 N–H and O–H groups in total. The highest BCUT2D eigenvalue weighted by Crippen LogP contribution is 2.45. The Kier molecular flexibility index (Phi) is 2.87. The van der Waals surface area contributed by atoms with Crippen LogP contribution in [0.15, 0.2) is 24.3 Å². The van der Waals surface area contributed by atoms with Gasteiger partial charge in [0.05, 0.1) is 0 Å². The van der Waals surface area contributed by atoms with Crippen LogP contribution >= 0.6 is 0 Å². The molecule has 0 heterocycles. The van der Waals surface area contributed by atoms with Gasteiger partial charge in [0.25, 0.3) is 0 Å². The third-order valence-electron chi connectivity index (χ3n) is 3.52. The van der Waals surface area contributed by atoms with Crippen LogP contribution in [0.1, 0.15) is 39.0 Å². The predicted molar refractivity (Wildman–Crippen MR) is 57.5 cm³/mol. The second-order valence-electron chi connectivity index (χ2n) is 4.50. The zero-order chi connectivity index (χ0) is 9.10. The van der Waals surface area contributed by atoms with E-state index in [1.165, 1.54) is 32.1 Å². The van der Waals surface area contributed by atoms with Gasteiger partial charge in [-0.25, -0.2) is 0 Å². The van der Waals surface area contributed by atoms with E-state index in [4.69, 9.17) is 0 Å². The second-order valence-corrected chi connectivity index (χ2v) is 4.50. The molecule has 3 unspecified atom stereocenters. The Bertz CT molecular complexity index is 212. The highest BCUT2D eigenvalue weighted by molar-refractivity contribution is 5.10. The van der Waals surface area contributed by atoms with Crippen LogP contribution in [0.3, 0.4) is 0 Å². The molecule has 0 aromatic carbocycles. The molecule has 13 heavy (non-hydrogen) atoms. The summed E-state index contributed by atoms with van der Waals surface area (Å²) in [6, 6.07) is 0. The molecule has 2 aliphatic rings. The molecule has 0 aromatic rings. The van der Waals surface area contributed by atoms with Gasteiger partial charge >= 0.3 is 0 Å². The van der Waals surface area contributed by atoms with E-state index in [1.807, 2.05) is 0 Å². The SMILES string of the molecule is CC/C=C/CCC1CC2C=CC1C2. The van der Waals surface area contributed by atoms with Crippen molar-refractivity contribution in [1.29, 1.82) is 0 Å². The first kappa shape index (κ1) is 9.05. The van der Waals surface area contributed by atoms with Crippen LogP contribution in [0.25, 0.3) is 0 Å². The maximum Gasteiger partial charge on any atom is -0.0199 e. The van der Waals surface area contributed by atoms with Crippen LogP contribution in [-0.2, 0) is 0 Å². The minimum Gasteiger partial charge on any atom is -0.0888 e. The van der Waals surface area contributed by atoms with Gasteiger partial charge < -0.3 is 0 Å². The second kappa shape index (κ2) is 4.13. The van der Waals surface area contributed by atoms with Crippen LogP contribution in [0, 0.1) is 17.8 Å². The maximum absolute atomic E-state index is 2.46. The van der Waals surface area contributed by atoms with Crippen LogP contribution in [-0.4, -0.2) is 0 Å². The molecule has 0 radical (unpaired) electrons. The highest BCUT2D eigenvalue weighted by atomic mass is 14.4. The van der Waals surface area contributed by atoms with Gasteiger partial charge in [-0.1, -0.05) is 31.2 Å². The summed E-state index contributed by atoms with van der Waals surface area (Å²) in [5, 5.41) is 0. The van der Waals surface area contributed by atoms with Crippen LogP contribution in [0.5, 0.6) is 0 Å². The van der Waals surface area contributed by atoms with Gasteiger partial charge in [0.1, 0.15) is 0 Å². The van der Waals surface area contributed by atoms with Crippen molar-refractivity contribution >= 4 is 0 Å². The fourth-order valence-corrected chi connectivity index (χ4v) is 2.82. The highest BCUT2D eigenvalue weighted by Gasteiger charge is 2.34. The molecular weight excluding hydrogens is 156 g/mol. The topological polar surface area (TPSA) is 0 Å². The van der Waals surface area contributed by atoms with Gasteiger partial charge in [-0.3, -0.25) is 0 Å². The van der Waals surface area contributed by atoms with E-state index < -0.39 is 0 Å². The molecule has 0 saturated heterocycles. The lowest BCUT2D eigenvalue weighted by molar-refractivity contribution is 0.419. The minimum atomic E-state index is 0.944. The van der Waals surface area contributed by atoms with Crippen molar-refractivity contribution in [2.75, 3.05) is 0 Å². The molecule has 0 amide bonds. The normalized spacial score (nSPS) is 36.5. The first-order chi connectivity index (χ1) is 6.40. The molecule has 3 atom stereocenters. The molecule has 1 saturated carbocycles. The average molecular weight is 176 g/mol. The Morgan fingerprint density at radius 3 is 2.77 bits per heavy atom. The van der Waals surface area contributed by atoms with E-state index in [0.717, 1.165) is 17.8 Å². The van der Waals surface area contributed by atoms with Gasteiger partial charge in [-0.05, 0) is 49.9 Å². The zero-order valence-electron chi connectivity index (χ0n) is 8.58. The van der Waals surface area contributed by atoms with Gasteiger partial charge in [-0.15, -0.1) is 0 Å². The van der Waals surface area contributed by atoms with Crippen molar-refractivity contribution in [3.63, 3.8) is 0 Å². The average Bonchev–Trinajstić information content (AvgIpc) is 2.73. The Hall–Kier alpha value is -0.520. The molecule has 1 fully saturated rings. The number of rotatable bonds is 4. The Morgan fingerprint density at radius 2 is 2.15 bits per heavy atom. The smallest absolute Gasteiger partial charge is 0.0199 e. The summed E-state index contributed by atoms with van der Waals surface area (Å²) < 4.78 is 0. The third kappa shape index (κ3) is 2.04. The summed E-state index contributed by atoms with van der Waals surface area (Å²) in [5.74, 6) is 2.90. The molecule has 72 valence electrons. The van der Waals surface area contributed by atoms with Gasteiger partial charge in [0, 0.05) is 0 Å². The van der Waals surface area contributed by atoms with E-state index in [2.05, 4.69) is 31.2 Å². The van der Waals surface area contributed by atoms with E-state index in [-0.39, 0.29) is 0 Å². The molecule has 0 spiro atoms. The van der Waals surface area contributed by atoms with Crippen LogP contribution in [0.4, 0.5) is 0 Å². The van der Waals surface area contributed by atoms with Gasteiger partial charge in [0.2, 0.25) is 0 Å². The Labute approximate surface area is 81.7 Å². The first-order valence-corrected chi connectivity index (χ1v) is 5.73. The van der Waals surface area contributed by atoms with E-state index in [9.17, 15) is 0 Å². The van der Waals surface area contributed by atoms with E-state index in [0.29, 0.717) is 0 Å². The lowest BCUT2D eigenvalue weighted by Crippen LogP contribution is -2.05. The molecule has 0 aliphatic heterocycles. The molecule has 0 heteroatoms. The summed E-state index contributed by atoms with van der Waals surface area (Å²) in [5.41, 5.74) is 0. The predicted octanol–water partition coefficient (Wildman–Crippen LogP) is 3.95. The van der Waals surface area contributed by atoms with Crippen molar-refractivity contribution in [3.05, 3.63) is 24.3 Å². The molecular formula is C13H20. The summed E-state index contributed by atoms with van der Waals surface area (Å²) in [7, 11) is 0. The number of allylic oxidation sites excluding steroid dienone is 4. The fraction of sp³-hybridized carbons (Fsp3) is 0.692. The van der Waals surface area contributed by atoms with Crippen LogP contribution < -0.4 is 0 Å². The first-order valence-electron chi connectivity index (χ1n) is 5.73. The van der Waals surface area contributed by atoms with E-state index >= 15 is 0 Å². The number of hydrogen-bond donors (Lipinski definition) is 0. The van der Waals surface area contributed by atoms with Crippen molar-refractivity contribution in [2.45, 2.75) is 39.0 Å². The molecule has 0 nitrogen and oxygen atoms in total. The fourth-order valence-electron chi connectivity index (χ4n) is 2.82. The standard InChI is InChI=1S/C13H20/c1-2-3-4-5-6-12-9-11-7-8-13(12)10-11/h3-4,7-8,11-13H,2,5-6,9-10H2,1H3/b4-3+.